The Morgan fingerprint density at radius 2 is 1.62 bits per heavy atom. The average Bonchev–Trinajstić information content (AvgIpc) is 3.25. The molecule has 0 radical (unpaired) electrons. The van der Waals surface area contributed by atoms with Crippen LogP contribution < -0.4 is 10.4 Å². The van der Waals surface area contributed by atoms with Gasteiger partial charge in [-0.1, -0.05) is 81.4 Å². The van der Waals surface area contributed by atoms with E-state index >= 15 is 0 Å². The van der Waals surface area contributed by atoms with Crippen LogP contribution in [0.5, 0.6) is 0 Å². The van der Waals surface area contributed by atoms with E-state index in [4.69, 9.17) is 9.16 Å². The lowest BCUT2D eigenvalue weighted by Crippen LogP contribution is -2.68. The maximum absolute atomic E-state index is 10.6. The summed E-state index contributed by atoms with van der Waals surface area (Å²) >= 11 is 0. The molecule has 1 N–H and O–H groups in total. The van der Waals surface area contributed by atoms with Crippen LogP contribution in [0.2, 0.25) is 5.04 Å². The van der Waals surface area contributed by atoms with Crippen LogP contribution in [0.15, 0.2) is 60.7 Å². The minimum atomic E-state index is -2.62. The highest BCUT2D eigenvalue weighted by atomic mass is 28.4. The third-order valence-corrected chi connectivity index (χ3v) is 11.7. The van der Waals surface area contributed by atoms with Gasteiger partial charge in [-0.15, -0.1) is 0 Å². The minimum absolute atomic E-state index is 0.0000736. The maximum Gasteiger partial charge on any atom is 0.261 e. The lowest BCUT2D eigenvalue weighted by molar-refractivity contribution is -0.108. The molecule has 32 heavy (non-hydrogen) atoms. The summed E-state index contributed by atoms with van der Waals surface area (Å²) in [5.74, 6) is 0. The van der Waals surface area contributed by atoms with Crippen LogP contribution in [0.4, 0.5) is 0 Å². The van der Waals surface area contributed by atoms with E-state index in [1.807, 2.05) is 0 Å². The van der Waals surface area contributed by atoms with Gasteiger partial charge in [-0.2, -0.15) is 0 Å². The molecule has 0 aromatic heterocycles. The van der Waals surface area contributed by atoms with Crippen LogP contribution in [0.3, 0.4) is 0 Å². The Kier molecular flexibility index (Phi) is 8.45. The van der Waals surface area contributed by atoms with E-state index in [2.05, 4.69) is 88.4 Å². The second-order valence-corrected chi connectivity index (χ2v) is 14.2. The molecule has 1 aliphatic heterocycles. The Hall–Kier alpha value is -1.79. The summed E-state index contributed by atoms with van der Waals surface area (Å²) < 4.78 is 13.5. The third kappa shape index (κ3) is 5.57. The van der Waals surface area contributed by atoms with E-state index in [-0.39, 0.29) is 23.4 Å². The highest BCUT2D eigenvalue weighted by molar-refractivity contribution is 6.99. The van der Waals surface area contributed by atoms with Crippen molar-refractivity contribution in [2.75, 3.05) is 0 Å². The summed E-state index contributed by atoms with van der Waals surface area (Å²) in [4.78, 5) is 10.6. The molecule has 174 valence electrons. The molecule has 1 heterocycles. The summed E-state index contributed by atoms with van der Waals surface area (Å²) in [5.41, 5.74) is 0. The monoisotopic (exact) mass is 454 g/mol. The van der Waals surface area contributed by atoms with Crippen molar-refractivity contribution in [3.63, 3.8) is 0 Å². The minimum Gasteiger partial charge on any atom is -0.402 e. The number of benzene rings is 2. The number of carbonyl (C=O) groups excluding carboxylic acids is 1. The van der Waals surface area contributed by atoms with E-state index in [1.165, 1.54) is 10.4 Å². The molecule has 0 bridgehead atoms. The number of aliphatic hydroxyl groups is 1. The van der Waals surface area contributed by atoms with E-state index in [9.17, 15) is 9.90 Å². The smallest absolute Gasteiger partial charge is 0.261 e. The second-order valence-electron chi connectivity index (χ2n) is 9.99. The van der Waals surface area contributed by atoms with Crippen LogP contribution in [0, 0.1) is 0 Å². The van der Waals surface area contributed by atoms with Gasteiger partial charge in [0.1, 0.15) is 6.29 Å². The Bertz CT molecular complexity index is 794. The van der Waals surface area contributed by atoms with Gasteiger partial charge in [0.25, 0.3) is 8.32 Å². The fraction of sp³-hybridized carbons (Fsp3) is 0.519. The molecule has 0 saturated carbocycles. The summed E-state index contributed by atoms with van der Waals surface area (Å²) in [6.07, 6.45) is 3.63. The lowest BCUT2D eigenvalue weighted by Gasteiger charge is -2.45. The molecule has 4 nitrogen and oxygen atoms in total. The molecule has 0 amide bonds. The van der Waals surface area contributed by atoms with Crippen LogP contribution in [0.1, 0.15) is 59.8 Å². The standard InChI is InChI=1S/C27H38O4Si/c1-21(26-18-17-23(30-26)20-22(29)12-11-19-28)31-32(27(2,3)4,24-13-7-5-8-14-24)25-15-9-6-10-16-25/h5-10,13-16,19,21-23,26,29H,11-12,17-18,20H2,1-4H3/t21-,22-,23-,26-/m1/s1. The third-order valence-electron chi connectivity index (χ3n) is 6.60. The molecule has 0 unspecified atom stereocenters. The van der Waals surface area contributed by atoms with E-state index in [0.717, 1.165) is 19.1 Å². The quantitative estimate of drug-likeness (QED) is 0.431. The Labute approximate surface area is 194 Å². The number of aldehydes is 1. The maximum atomic E-state index is 10.6. The summed E-state index contributed by atoms with van der Waals surface area (Å²) in [6, 6.07) is 21.3. The average molecular weight is 455 g/mol. The zero-order valence-corrected chi connectivity index (χ0v) is 20.9. The zero-order chi connectivity index (χ0) is 23.2. The Morgan fingerprint density at radius 3 is 2.12 bits per heavy atom. The highest BCUT2D eigenvalue weighted by Crippen LogP contribution is 2.39. The number of aliphatic hydroxyl groups excluding tert-OH is 1. The van der Waals surface area contributed by atoms with Crippen molar-refractivity contribution >= 4 is 25.0 Å². The molecule has 2 aromatic rings. The van der Waals surface area contributed by atoms with Gasteiger partial charge < -0.3 is 19.1 Å². The fourth-order valence-corrected chi connectivity index (χ4v) is 9.70. The Morgan fingerprint density at radius 1 is 1.06 bits per heavy atom. The lowest BCUT2D eigenvalue weighted by atomic mass is 10.0. The van der Waals surface area contributed by atoms with Crippen molar-refractivity contribution in [3.8, 4) is 0 Å². The van der Waals surface area contributed by atoms with Crippen molar-refractivity contribution < 1.29 is 19.1 Å². The van der Waals surface area contributed by atoms with Crippen LogP contribution in [-0.2, 0) is 14.0 Å². The molecule has 3 rings (SSSR count). The number of rotatable bonds is 10. The van der Waals surface area contributed by atoms with Crippen molar-refractivity contribution in [3.05, 3.63) is 60.7 Å². The van der Waals surface area contributed by atoms with Crippen LogP contribution in [-0.4, -0.2) is 44.1 Å². The molecule has 0 aliphatic carbocycles. The SMILES string of the molecule is C[C@@H](O[Si](c1ccccc1)(c1ccccc1)C(C)(C)C)[C@H]1CC[C@H](C[C@H](O)CCC=O)O1. The van der Waals surface area contributed by atoms with E-state index in [1.54, 1.807) is 0 Å². The number of carbonyl (C=O) groups is 1. The zero-order valence-electron chi connectivity index (χ0n) is 19.9. The number of hydrogen-bond donors (Lipinski definition) is 1. The first-order valence-corrected chi connectivity index (χ1v) is 13.7. The van der Waals surface area contributed by atoms with E-state index < -0.39 is 14.4 Å². The predicted molar refractivity (Wildman–Crippen MR) is 132 cm³/mol. The Balaban J connectivity index is 1.84. The van der Waals surface area contributed by atoms with Gasteiger partial charge in [-0.05, 0) is 48.0 Å². The van der Waals surface area contributed by atoms with Gasteiger partial charge in [0.15, 0.2) is 0 Å². The predicted octanol–water partition coefficient (Wildman–Crippen LogP) is 4.23. The number of ether oxygens (including phenoxy) is 1. The van der Waals surface area contributed by atoms with Gasteiger partial charge in [-0.25, -0.2) is 0 Å². The first-order valence-electron chi connectivity index (χ1n) is 11.8. The number of hydrogen-bond acceptors (Lipinski definition) is 4. The van der Waals surface area contributed by atoms with Crippen molar-refractivity contribution in [1.82, 2.24) is 0 Å². The summed E-state index contributed by atoms with van der Waals surface area (Å²) in [7, 11) is -2.62. The molecule has 1 fully saturated rings. The molecule has 0 spiro atoms. The summed E-state index contributed by atoms with van der Waals surface area (Å²) in [5, 5.41) is 12.7. The highest BCUT2D eigenvalue weighted by Gasteiger charge is 2.52. The molecular formula is C27H38O4Si. The second kappa shape index (κ2) is 10.9. The van der Waals surface area contributed by atoms with E-state index in [0.29, 0.717) is 19.3 Å². The van der Waals surface area contributed by atoms with Crippen molar-refractivity contribution in [2.24, 2.45) is 0 Å². The molecule has 4 atom stereocenters. The molecule has 1 aliphatic rings. The van der Waals surface area contributed by atoms with Crippen LogP contribution >= 0.6 is 0 Å². The van der Waals surface area contributed by atoms with Gasteiger partial charge in [0, 0.05) is 6.42 Å². The first-order chi connectivity index (χ1) is 15.3. The molecule has 2 aromatic carbocycles. The van der Waals surface area contributed by atoms with Crippen molar-refractivity contribution in [2.45, 2.75) is 89.3 Å². The molecular weight excluding hydrogens is 416 g/mol. The van der Waals surface area contributed by atoms with Gasteiger partial charge in [-0.3, -0.25) is 0 Å². The summed E-state index contributed by atoms with van der Waals surface area (Å²) in [6.45, 7) is 8.99. The molecule has 5 heteroatoms. The molecule has 1 saturated heterocycles. The van der Waals surface area contributed by atoms with Crippen LogP contribution in [0.25, 0.3) is 0 Å². The van der Waals surface area contributed by atoms with Gasteiger partial charge >= 0.3 is 0 Å². The first kappa shape index (κ1) is 24.8. The largest absolute Gasteiger partial charge is 0.402 e. The fourth-order valence-electron chi connectivity index (χ4n) is 4.98. The van der Waals surface area contributed by atoms with Gasteiger partial charge in [0.2, 0.25) is 0 Å². The van der Waals surface area contributed by atoms with Gasteiger partial charge in [0.05, 0.1) is 24.4 Å². The topological polar surface area (TPSA) is 55.8 Å². The normalized spacial score (nSPS) is 21.3. The van der Waals surface area contributed by atoms with Crippen molar-refractivity contribution in [1.29, 1.82) is 0 Å².